The van der Waals surface area contributed by atoms with Gasteiger partial charge in [-0.2, -0.15) is 0 Å². The third kappa shape index (κ3) is 5.82. The van der Waals surface area contributed by atoms with Crippen LogP contribution in [-0.4, -0.2) is 21.9 Å². The Labute approximate surface area is 166 Å². The average molecular weight is 401 g/mol. The molecule has 28 heavy (non-hydrogen) atoms. The second kappa shape index (κ2) is 9.36. The Balaban J connectivity index is 1.42. The summed E-state index contributed by atoms with van der Waals surface area (Å²) in [6.07, 6.45) is 0.263. The lowest BCUT2D eigenvalue weighted by molar-refractivity contribution is -0.115. The molecule has 0 bridgehead atoms. The van der Waals surface area contributed by atoms with Crippen molar-refractivity contribution in [3.05, 3.63) is 65.3 Å². The number of aromatic nitrogens is 2. The van der Waals surface area contributed by atoms with Gasteiger partial charge < -0.3 is 14.5 Å². The molecule has 1 N–H and O–H groups in total. The van der Waals surface area contributed by atoms with E-state index in [0.29, 0.717) is 22.6 Å². The van der Waals surface area contributed by atoms with Crippen LogP contribution in [0.25, 0.3) is 0 Å². The monoisotopic (exact) mass is 401 g/mol. The van der Waals surface area contributed by atoms with E-state index in [1.165, 1.54) is 36.0 Å². The first-order valence-electron chi connectivity index (χ1n) is 8.70. The molecule has 0 atom stereocenters. The second-order valence-corrected chi connectivity index (χ2v) is 7.22. The highest BCUT2D eigenvalue weighted by Crippen LogP contribution is 2.22. The summed E-state index contributed by atoms with van der Waals surface area (Å²) >= 11 is 1.29. The molecule has 0 saturated carbocycles. The van der Waals surface area contributed by atoms with E-state index in [4.69, 9.17) is 9.15 Å². The molecule has 0 aliphatic carbocycles. The number of aryl methyl sites for hydroxylation is 2. The van der Waals surface area contributed by atoms with Crippen molar-refractivity contribution in [1.29, 1.82) is 0 Å². The average Bonchev–Trinajstić information content (AvgIpc) is 3.12. The number of hydrogen-bond donors (Lipinski definition) is 1. The molecule has 0 radical (unpaired) electrons. The third-order valence-corrected chi connectivity index (χ3v) is 4.65. The molecule has 8 heteroatoms. The number of rotatable bonds is 8. The number of nitrogens with zero attached hydrogens (tertiary/aromatic N) is 2. The molecular formula is C20H20FN3O3S. The predicted octanol–water partition coefficient (Wildman–Crippen LogP) is 4.53. The number of thioether (sulfide) groups is 1. The van der Waals surface area contributed by atoms with Gasteiger partial charge in [0.2, 0.25) is 5.91 Å². The van der Waals surface area contributed by atoms with Gasteiger partial charge in [0.25, 0.3) is 11.1 Å². The Kier molecular flexibility index (Phi) is 6.65. The highest BCUT2D eigenvalue weighted by Gasteiger charge is 2.10. The summed E-state index contributed by atoms with van der Waals surface area (Å²) in [6.45, 7) is 4.16. The summed E-state index contributed by atoms with van der Waals surface area (Å²) in [5.41, 5.74) is 2.70. The van der Waals surface area contributed by atoms with E-state index in [2.05, 4.69) is 15.5 Å². The van der Waals surface area contributed by atoms with Crippen molar-refractivity contribution in [3.63, 3.8) is 0 Å². The topological polar surface area (TPSA) is 77.2 Å². The van der Waals surface area contributed by atoms with Crippen molar-refractivity contribution >= 4 is 23.4 Å². The summed E-state index contributed by atoms with van der Waals surface area (Å²) < 4.78 is 24.1. The molecule has 146 valence electrons. The first-order chi connectivity index (χ1) is 13.5. The lowest BCUT2D eigenvalue weighted by Gasteiger charge is -2.07. The smallest absolute Gasteiger partial charge is 0.276 e. The van der Waals surface area contributed by atoms with Gasteiger partial charge in [-0.1, -0.05) is 23.9 Å². The molecule has 1 heterocycles. The summed E-state index contributed by atoms with van der Waals surface area (Å²) in [5, 5.41) is 11.0. The Morgan fingerprint density at radius 2 is 1.96 bits per heavy atom. The Hall–Kier alpha value is -2.87. The maximum Gasteiger partial charge on any atom is 0.276 e. The highest BCUT2D eigenvalue weighted by molar-refractivity contribution is 7.99. The first kappa shape index (κ1) is 19.9. The van der Waals surface area contributed by atoms with Gasteiger partial charge in [0.1, 0.15) is 11.6 Å². The minimum absolute atomic E-state index is 0.169. The number of benzene rings is 2. The Bertz CT molecular complexity index is 944. The zero-order chi connectivity index (χ0) is 19.9. The summed E-state index contributed by atoms with van der Waals surface area (Å²) in [7, 11) is 0. The van der Waals surface area contributed by atoms with Crippen LogP contribution in [0, 0.1) is 19.7 Å². The van der Waals surface area contributed by atoms with Crippen LogP contribution in [-0.2, 0) is 11.4 Å². The molecule has 2 aromatic carbocycles. The van der Waals surface area contributed by atoms with Crippen LogP contribution in [0.2, 0.25) is 0 Å². The lowest BCUT2D eigenvalue weighted by Crippen LogP contribution is -2.12. The van der Waals surface area contributed by atoms with Gasteiger partial charge >= 0.3 is 0 Å². The number of hydrogen-bond acceptors (Lipinski definition) is 6. The molecular weight excluding hydrogens is 381 g/mol. The molecule has 0 unspecified atom stereocenters. The van der Waals surface area contributed by atoms with Crippen molar-refractivity contribution in [1.82, 2.24) is 10.2 Å². The fraction of sp³-hybridized carbons (Fsp3) is 0.250. The van der Waals surface area contributed by atoms with Crippen molar-refractivity contribution in [2.75, 3.05) is 11.1 Å². The normalized spacial score (nSPS) is 10.7. The minimum Gasteiger partial charge on any atom is -0.484 e. The van der Waals surface area contributed by atoms with Crippen molar-refractivity contribution in [3.8, 4) is 5.75 Å². The van der Waals surface area contributed by atoms with E-state index in [9.17, 15) is 9.18 Å². The number of nitrogens with one attached hydrogen (secondary N) is 1. The molecule has 0 aliphatic heterocycles. The van der Waals surface area contributed by atoms with Gasteiger partial charge in [-0.05, 0) is 55.3 Å². The quantitative estimate of drug-likeness (QED) is 0.559. The zero-order valence-corrected chi connectivity index (χ0v) is 16.4. The fourth-order valence-corrected chi connectivity index (χ4v) is 3.06. The number of amides is 1. The van der Waals surface area contributed by atoms with Crippen LogP contribution >= 0.6 is 11.8 Å². The fourth-order valence-electron chi connectivity index (χ4n) is 2.34. The number of ether oxygens (including phenoxy) is 1. The molecule has 1 amide bonds. The van der Waals surface area contributed by atoms with Gasteiger partial charge in [-0.3, -0.25) is 4.79 Å². The van der Waals surface area contributed by atoms with Crippen molar-refractivity contribution in [2.24, 2.45) is 0 Å². The standard InChI is InChI=1S/C20H20FN3O3S/c1-13-3-4-14(2)17(11-13)26-12-19-23-24-20(27-19)28-10-9-18(25)22-16-7-5-15(21)6-8-16/h3-8,11H,9-10,12H2,1-2H3,(H,22,25). The van der Waals surface area contributed by atoms with Gasteiger partial charge in [-0.25, -0.2) is 4.39 Å². The lowest BCUT2D eigenvalue weighted by atomic mass is 10.1. The summed E-state index contributed by atoms with van der Waals surface area (Å²) in [5.74, 6) is 1.12. The molecule has 0 saturated heterocycles. The van der Waals surface area contributed by atoms with E-state index in [0.717, 1.165) is 16.9 Å². The third-order valence-electron chi connectivity index (χ3n) is 3.83. The molecule has 0 fully saturated rings. The molecule has 1 aromatic heterocycles. The number of carbonyl (C=O) groups excluding carboxylic acids is 1. The van der Waals surface area contributed by atoms with E-state index in [1.54, 1.807) is 0 Å². The maximum atomic E-state index is 12.9. The van der Waals surface area contributed by atoms with E-state index in [-0.39, 0.29) is 24.8 Å². The Morgan fingerprint density at radius 3 is 2.75 bits per heavy atom. The SMILES string of the molecule is Cc1ccc(C)c(OCc2nnc(SCCC(=O)Nc3ccc(F)cc3)o2)c1. The maximum absolute atomic E-state index is 12.9. The molecule has 0 aliphatic rings. The van der Waals surface area contributed by atoms with Crippen LogP contribution in [0.15, 0.2) is 52.1 Å². The molecule has 3 aromatic rings. The van der Waals surface area contributed by atoms with Gasteiger partial charge in [0, 0.05) is 17.9 Å². The summed E-state index contributed by atoms with van der Waals surface area (Å²) in [6, 6.07) is 11.6. The van der Waals surface area contributed by atoms with Crippen LogP contribution in [0.3, 0.4) is 0 Å². The van der Waals surface area contributed by atoms with E-state index < -0.39 is 0 Å². The number of carbonyl (C=O) groups is 1. The van der Waals surface area contributed by atoms with Gasteiger partial charge in [0.05, 0.1) is 0 Å². The number of anilines is 1. The molecule has 0 spiro atoms. The largest absolute Gasteiger partial charge is 0.484 e. The minimum atomic E-state index is -0.345. The number of halogens is 1. The molecule has 3 rings (SSSR count). The Morgan fingerprint density at radius 1 is 1.18 bits per heavy atom. The van der Waals surface area contributed by atoms with Crippen LogP contribution in [0.4, 0.5) is 10.1 Å². The first-order valence-corrected chi connectivity index (χ1v) is 9.69. The van der Waals surface area contributed by atoms with Crippen LogP contribution in [0.1, 0.15) is 23.4 Å². The second-order valence-electron chi connectivity index (χ2n) is 6.17. The van der Waals surface area contributed by atoms with E-state index in [1.807, 2.05) is 32.0 Å². The van der Waals surface area contributed by atoms with E-state index >= 15 is 0 Å². The van der Waals surface area contributed by atoms with Crippen LogP contribution in [0.5, 0.6) is 5.75 Å². The molecule has 6 nitrogen and oxygen atoms in total. The van der Waals surface area contributed by atoms with Gasteiger partial charge in [-0.15, -0.1) is 10.2 Å². The van der Waals surface area contributed by atoms with Crippen molar-refractivity contribution in [2.45, 2.75) is 32.1 Å². The highest BCUT2D eigenvalue weighted by atomic mass is 32.2. The van der Waals surface area contributed by atoms with Crippen LogP contribution < -0.4 is 10.1 Å². The van der Waals surface area contributed by atoms with Crippen molar-refractivity contribution < 1.29 is 18.3 Å². The summed E-state index contributed by atoms with van der Waals surface area (Å²) in [4.78, 5) is 11.9. The van der Waals surface area contributed by atoms with Gasteiger partial charge in [0.15, 0.2) is 6.61 Å². The predicted molar refractivity (Wildman–Crippen MR) is 105 cm³/mol. The zero-order valence-electron chi connectivity index (χ0n) is 15.6.